The van der Waals surface area contributed by atoms with E-state index in [0.717, 1.165) is 21.6 Å². The summed E-state index contributed by atoms with van der Waals surface area (Å²) in [5, 5.41) is 22.9. The smallest absolute Gasteiger partial charge is 0.323 e. The SMILES string of the molecule is Cc1cc([C@H](O)CO)cnc1N1CCN(C(=O)Nc2nc3ccc(Cl)cc3s2)CC1. The molecule has 0 saturated carbocycles. The third-order valence-electron chi connectivity index (χ3n) is 5.06. The number of benzene rings is 1. The van der Waals surface area contributed by atoms with Crippen LogP contribution in [0.5, 0.6) is 0 Å². The molecule has 10 heteroatoms. The Hall–Kier alpha value is -2.46. The first-order valence-corrected chi connectivity index (χ1v) is 10.8. The first-order valence-electron chi connectivity index (χ1n) is 9.57. The number of thiazole rings is 1. The summed E-state index contributed by atoms with van der Waals surface area (Å²) in [6, 6.07) is 7.11. The number of aryl methyl sites for hydroxylation is 1. The van der Waals surface area contributed by atoms with Gasteiger partial charge in [0.15, 0.2) is 5.13 Å². The third kappa shape index (κ3) is 4.34. The fourth-order valence-electron chi connectivity index (χ4n) is 3.45. The minimum atomic E-state index is -0.927. The number of nitrogens with zero attached hydrogens (tertiary/aromatic N) is 4. The van der Waals surface area contributed by atoms with E-state index in [2.05, 4.69) is 20.2 Å². The molecule has 1 aliphatic heterocycles. The van der Waals surface area contributed by atoms with Crippen molar-refractivity contribution in [3.8, 4) is 0 Å². The number of amides is 2. The van der Waals surface area contributed by atoms with E-state index in [9.17, 15) is 9.90 Å². The minimum absolute atomic E-state index is 0.175. The van der Waals surface area contributed by atoms with Gasteiger partial charge in [0.2, 0.25) is 0 Å². The molecule has 1 aromatic carbocycles. The third-order valence-corrected chi connectivity index (χ3v) is 6.23. The Morgan fingerprint density at radius 3 is 2.77 bits per heavy atom. The number of nitrogens with one attached hydrogen (secondary N) is 1. The van der Waals surface area contributed by atoms with Crippen LogP contribution in [0.3, 0.4) is 0 Å². The zero-order chi connectivity index (χ0) is 21.3. The second-order valence-corrected chi connectivity index (χ2v) is 8.61. The number of anilines is 2. The summed E-state index contributed by atoms with van der Waals surface area (Å²) in [6.07, 6.45) is 0.658. The molecule has 8 nitrogen and oxygen atoms in total. The molecule has 30 heavy (non-hydrogen) atoms. The zero-order valence-corrected chi connectivity index (χ0v) is 17.9. The molecule has 4 rings (SSSR count). The number of aliphatic hydroxyl groups excluding tert-OH is 2. The molecule has 1 atom stereocenters. The van der Waals surface area contributed by atoms with Gasteiger partial charge in [-0.25, -0.2) is 14.8 Å². The molecule has 0 aliphatic carbocycles. The van der Waals surface area contributed by atoms with Crippen LogP contribution in [-0.4, -0.2) is 63.9 Å². The molecule has 0 unspecified atom stereocenters. The summed E-state index contributed by atoms with van der Waals surface area (Å²) in [5.41, 5.74) is 2.32. The highest BCUT2D eigenvalue weighted by Crippen LogP contribution is 2.28. The zero-order valence-electron chi connectivity index (χ0n) is 16.4. The molecule has 2 aromatic heterocycles. The second-order valence-electron chi connectivity index (χ2n) is 7.14. The second kappa shape index (κ2) is 8.73. The van der Waals surface area contributed by atoms with E-state index in [1.54, 1.807) is 17.2 Å². The summed E-state index contributed by atoms with van der Waals surface area (Å²) in [7, 11) is 0. The quantitative estimate of drug-likeness (QED) is 0.568. The van der Waals surface area contributed by atoms with Crippen molar-refractivity contribution in [2.75, 3.05) is 43.0 Å². The molecule has 1 fully saturated rings. The molecule has 3 N–H and O–H groups in total. The van der Waals surface area contributed by atoms with Gasteiger partial charge in [-0.15, -0.1) is 0 Å². The van der Waals surface area contributed by atoms with Crippen LogP contribution in [0.4, 0.5) is 15.7 Å². The molecular weight excluding hydrogens is 426 g/mol. The van der Waals surface area contributed by atoms with Crippen LogP contribution < -0.4 is 10.2 Å². The highest BCUT2D eigenvalue weighted by Gasteiger charge is 2.24. The Morgan fingerprint density at radius 2 is 2.07 bits per heavy atom. The van der Waals surface area contributed by atoms with Crippen molar-refractivity contribution in [2.45, 2.75) is 13.0 Å². The summed E-state index contributed by atoms with van der Waals surface area (Å²) < 4.78 is 0.930. The predicted molar refractivity (Wildman–Crippen MR) is 118 cm³/mol. The molecule has 2 amide bonds. The molecule has 3 heterocycles. The molecule has 1 saturated heterocycles. The van der Waals surface area contributed by atoms with Gasteiger partial charge in [0.05, 0.1) is 16.8 Å². The monoisotopic (exact) mass is 447 g/mol. The number of aliphatic hydroxyl groups is 2. The van der Waals surface area contributed by atoms with Crippen LogP contribution in [0, 0.1) is 6.92 Å². The highest BCUT2D eigenvalue weighted by molar-refractivity contribution is 7.22. The number of hydrogen-bond donors (Lipinski definition) is 3. The molecule has 158 valence electrons. The van der Waals surface area contributed by atoms with Crippen LogP contribution in [0.15, 0.2) is 30.5 Å². The van der Waals surface area contributed by atoms with Gasteiger partial charge in [0, 0.05) is 43.0 Å². The van der Waals surface area contributed by atoms with E-state index >= 15 is 0 Å². The minimum Gasteiger partial charge on any atom is -0.393 e. The van der Waals surface area contributed by atoms with Crippen molar-refractivity contribution in [1.29, 1.82) is 0 Å². The van der Waals surface area contributed by atoms with E-state index in [0.29, 0.717) is 41.9 Å². The van der Waals surface area contributed by atoms with E-state index < -0.39 is 6.10 Å². The van der Waals surface area contributed by atoms with Gasteiger partial charge in [-0.2, -0.15) is 0 Å². The van der Waals surface area contributed by atoms with Crippen molar-refractivity contribution in [1.82, 2.24) is 14.9 Å². The number of hydrogen-bond acceptors (Lipinski definition) is 7. The Labute approximate surface area is 182 Å². The van der Waals surface area contributed by atoms with Gasteiger partial charge >= 0.3 is 6.03 Å². The number of pyridine rings is 1. The number of rotatable bonds is 4. The molecule has 3 aromatic rings. The molecule has 0 bridgehead atoms. The largest absolute Gasteiger partial charge is 0.393 e. The van der Waals surface area contributed by atoms with Crippen LogP contribution >= 0.6 is 22.9 Å². The summed E-state index contributed by atoms with van der Waals surface area (Å²) >= 11 is 7.41. The lowest BCUT2D eigenvalue weighted by molar-refractivity contribution is 0.0953. The van der Waals surface area contributed by atoms with Crippen LogP contribution in [0.25, 0.3) is 10.2 Å². The lowest BCUT2D eigenvalue weighted by Gasteiger charge is -2.35. The standard InChI is InChI=1S/C20H22ClN5O3S/c1-12-8-13(16(28)11-27)10-22-18(12)25-4-6-26(7-5-25)20(29)24-19-23-15-3-2-14(21)9-17(15)30-19/h2-3,8-10,16,27-28H,4-7,11H2,1H3,(H,23,24,29)/t16-/m1/s1. The molecule has 1 aliphatic rings. The number of halogens is 1. The van der Waals surface area contributed by atoms with Crippen LogP contribution in [-0.2, 0) is 0 Å². The fraction of sp³-hybridized carbons (Fsp3) is 0.350. The van der Waals surface area contributed by atoms with Gasteiger partial charge in [-0.3, -0.25) is 5.32 Å². The Bertz CT molecular complexity index is 1070. The topological polar surface area (TPSA) is 102 Å². The Kier molecular flexibility index (Phi) is 6.05. The molecule has 0 radical (unpaired) electrons. The van der Waals surface area contributed by atoms with E-state index in [4.69, 9.17) is 16.7 Å². The van der Waals surface area contributed by atoms with Crippen LogP contribution in [0.1, 0.15) is 17.2 Å². The summed E-state index contributed by atoms with van der Waals surface area (Å²) in [6.45, 7) is 4.01. The maximum Gasteiger partial charge on any atom is 0.323 e. The van der Waals surface area contributed by atoms with Crippen LogP contribution in [0.2, 0.25) is 5.02 Å². The summed E-state index contributed by atoms with van der Waals surface area (Å²) in [5.74, 6) is 0.826. The normalized spacial score (nSPS) is 15.5. The lowest BCUT2D eigenvalue weighted by Crippen LogP contribution is -2.50. The Morgan fingerprint density at radius 1 is 1.30 bits per heavy atom. The number of urea groups is 1. The first kappa shape index (κ1) is 20.8. The van der Waals surface area contributed by atoms with Gasteiger partial charge < -0.3 is 20.0 Å². The maximum atomic E-state index is 12.6. The molecular formula is C20H22ClN5O3S. The number of fused-ring (bicyclic) bond motifs is 1. The van der Waals surface area contributed by atoms with Gasteiger partial charge in [0.1, 0.15) is 11.9 Å². The van der Waals surface area contributed by atoms with Crippen molar-refractivity contribution >= 4 is 50.1 Å². The Balaban J connectivity index is 1.37. The average molecular weight is 448 g/mol. The molecule has 0 spiro atoms. The number of carbonyl (C=O) groups excluding carboxylic acids is 1. The first-order chi connectivity index (χ1) is 14.4. The van der Waals surface area contributed by atoms with Gasteiger partial charge in [0.25, 0.3) is 0 Å². The fourth-order valence-corrected chi connectivity index (χ4v) is 4.58. The lowest BCUT2D eigenvalue weighted by atomic mass is 10.1. The van der Waals surface area contributed by atoms with E-state index in [1.807, 2.05) is 25.1 Å². The number of piperazine rings is 1. The number of aromatic nitrogens is 2. The van der Waals surface area contributed by atoms with E-state index in [-0.39, 0.29) is 12.6 Å². The van der Waals surface area contributed by atoms with E-state index in [1.165, 1.54) is 11.3 Å². The van der Waals surface area contributed by atoms with Crippen molar-refractivity contribution in [3.05, 3.63) is 46.6 Å². The number of carbonyl (C=O) groups is 1. The van der Waals surface area contributed by atoms with Gasteiger partial charge in [-0.1, -0.05) is 22.9 Å². The van der Waals surface area contributed by atoms with Crippen molar-refractivity contribution in [3.63, 3.8) is 0 Å². The maximum absolute atomic E-state index is 12.6. The predicted octanol–water partition coefficient (Wildman–Crippen LogP) is 3.03. The summed E-state index contributed by atoms with van der Waals surface area (Å²) in [4.78, 5) is 25.4. The highest BCUT2D eigenvalue weighted by atomic mass is 35.5. The van der Waals surface area contributed by atoms with Crippen molar-refractivity contribution in [2.24, 2.45) is 0 Å². The van der Waals surface area contributed by atoms with Crippen molar-refractivity contribution < 1.29 is 15.0 Å². The van der Waals surface area contributed by atoms with Gasteiger partial charge in [-0.05, 0) is 36.8 Å². The average Bonchev–Trinajstić information content (AvgIpc) is 3.14.